The predicted molar refractivity (Wildman–Crippen MR) is 56.2 cm³/mol. The maximum Gasteiger partial charge on any atom is 0.236 e. The molecule has 0 aliphatic carbocycles. The standard InChI is InChI=1S/C12H13NO2/c1-12(9-5-3-2-4-6-9)8-7-10(14)13-11(12)15/h2-6H,7-8H2,1H3,(H,13,14,15)/t12-/m1/s1. The topological polar surface area (TPSA) is 46.2 Å². The highest BCUT2D eigenvalue weighted by atomic mass is 16.2. The van der Waals surface area contributed by atoms with Gasteiger partial charge in [0.25, 0.3) is 0 Å². The Labute approximate surface area is 88.5 Å². The molecule has 1 N–H and O–H groups in total. The summed E-state index contributed by atoms with van der Waals surface area (Å²) in [4.78, 5) is 22.9. The lowest BCUT2D eigenvalue weighted by atomic mass is 9.76. The Kier molecular flexibility index (Phi) is 2.31. The number of imide groups is 1. The molecule has 0 bridgehead atoms. The quantitative estimate of drug-likeness (QED) is 0.701. The molecule has 2 amide bonds. The van der Waals surface area contributed by atoms with Crippen LogP contribution in [0, 0.1) is 0 Å². The van der Waals surface area contributed by atoms with E-state index in [4.69, 9.17) is 0 Å². The summed E-state index contributed by atoms with van der Waals surface area (Å²) in [6, 6.07) is 9.58. The zero-order valence-electron chi connectivity index (χ0n) is 8.62. The minimum Gasteiger partial charge on any atom is -0.296 e. The second-order valence-corrected chi connectivity index (χ2v) is 4.08. The van der Waals surface area contributed by atoms with Crippen molar-refractivity contribution in [3.63, 3.8) is 0 Å². The van der Waals surface area contributed by atoms with Crippen molar-refractivity contribution in [3.05, 3.63) is 35.9 Å². The van der Waals surface area contributed by atoms with E-state index >= 15 is 0 Å². The zero-order chi connectivity index (χ0) is 10.9. The average molecular weight is 203 g/mol. The van der Waals surface area contributed by atoms with Crippen LogP contribution in [-0.4, -0.2) is 11.8 Å². The average Bonchev–Trinajstić information content (AvgIpc) is 2.25. The molecule has 1 heterocycles. The number of amides is 2. The Bertz CT molecular complexity index is 399. The van der Waals surface area contributed by atoms with Crippen LogP contribution in [0.25, 0.3) is 0 Å². The van der Waals surface area contributed by atoms with Crippen molar-refractivity contribution in [1.29, 1.82) is 0 Å². The van der Waals surface area contributed by atoms with Crippen molar-refractivity contribution in [1.82, 2.24) is 5.32 Å². The molecule has 78 valence electrons. The molecule has 1 aliphatic heterocycles. The molecule has 1 atom stereocenters. The van der Waals surface area contributed by atoms with Crippen LogP contribution in [0.2, 0.25) is 0 Å². The second kappa shape index (κ2) is 3.50. The number of benzene rings is 1. The van der Waals surface area contributed by atoms with E-state index < -0.39 is 5.41 Å². The van der Waals surface area contributed by atoms with Gasteiger partial charge in [0.2, 0.25) is 11.8 Å². The van der Waals surface area contributed by atoms with Crippen molar-refractivity contribution in [2.24, 2.45) is 0 Å². The minimum atomic E-state index is -0.560. The van der Waals surface area contributed by atoms with Crippen LogP contribution >= 0.6 is 0 Å². The first-order valence-electron chi connectivity index (χ1n) is 5.03. The Balaban J connectivity index is 2.35. The number of carbonyl (C=O) groups is 2. The molecular weight excluding hydrogens is 190 g/mol. The maximum atomic E-state index is 11.8. The van der Waals surface area contributed by atoms with Crippen LogP contribution in [0.5, 0.6) is 0 Å². The molecule has 15 heavy (non-hydrogen) atoms. The number of hydrogen-bond donors (Lipinski definition) is 1. The molecule has 0 radical (unpaired) electrons. The van der Waals surface area contributed by atoms with Crippen LogP contribution in [-0.2, 0) is 15.0 Å². The molecule has 1 aromatic rings. The van der Waals surface area contributed by atoms with Crippen LogP contribution in [0.3, 0.4) is 0 Å². The molecule has 0 aromatic heterocycles. The fourth-order valence-electron chi connectivity index (χ4n) is 1.89. The predicted octanol–water partition coefficient (Wildman–Crippen LogP) is 1.38. The second-order valence-electron chi connectivity index (χ2n) is 4.08. The van der Waals surface area contributed by atoms with Crippen LogP contribution in [0.1, 0.15) is 25.3 Å². The van der Waals surface area contributed by atoms with Gasteiger partial charge < -0.3 is 0 Å². The van der Waals surface area contributed by atoms with Gasteiger partial charge in [-0.2, -0.15) is 0 Å². The van der Waals surface area contributed by atoms with Gasteiger partial charge in [-0.3, -0.25) is 14.9 Å². The molecule has 1 aromatic carbocycles. The molecule has 2 rings (SSSR count). The first-order chi connectivity index (χ1) is 7.13. The van der Waals surface area contributed by atoms with E-state index in [-0.39, 0.29) is 11.8 Å². The molecule has 3 heteroatoms. The van der Waals surface area contributed by atoms with Gasteiger partial charge in [0.05, 0.1) is 5.41 Å². The number of piperidine rings is 1. The van der Waals surface area contributed by atoms with Crippen molar-refractivity contribution < 1.29 is 9.59 Å². The summed E-state index contributed by atoms with van der Waals surface area (Å²) in [5.41, 5.74) is 0.407. The Hall–Kier alpha value is -1.64. The molecule has 3 nitrogen and oxygen atoms in total. The van der Waals surface area contributed by atoms with Gasteiger partial charge in [-0.25, -0.2) is 0 Å². The molecular formula is C12H13NO2. The van der Waals surface area contributed by atoms with E-state index in [0.29, 0.717) is 12.8 Å². The Morgan fingerprint density at radius 3 is 2.47 bits per heavy atom. The Morgan fingerprint density at radius 1 is 1.20 bits per heavy atom. The van der Waals surface area contributed by atoms with Crippen molar-refractivity contribution >= 4 is 11.8 Å². The smallest absolute Gasteiger partial charge is 0.236 e. The summed E-state index contributed by atoms with van der Waals surface area (Å²) in [5, 5.41) is 2.39. The minimum absolute atomic E-state index is 0.173. The highest BCUT2D eigenvalue weighted by Crippen LogP contribution is 2.31. The van der Waals surface area contributed by atoms with Gasteiger partial charge in [0, 0.05) is 6.42 Å². The SMILES string of the molecule is C[C@]1(c2ccccc2)CCC(=O)NC1=O. The van der Waals surface area contributed by atoms with Gasteiger partial charge in [-0.15, -0.1) is 0 Å². The van der Waals surface area contributed by atoms with Crippen molar-refractivity contribution in [2.45, 2.75) is 25.2 Å². The highest BCUT2D eigenvalue weighted by molar-refractivity contribution is 6.03. The monoisotopic (exact) mass is 203 g/mol. The molecule has 0 spiro atoms. The lowest BCUT2D eigenvalue weighted by Gasteiger charge is -2.31. The molecule has 0 unspecified atom stereocenters. The zero-order valence-corrected chi connectivity index (χ0v) is 8.62. The normalized spacial score (nSPS) is 26.2. The summed E-state index contributed by atoms with van der Waals surface area (Å²) in [6.07, 6.45) is 0.999. The molecule has 1 saturated heterocycles. The Morgan fingerprint density at radius 2 is 1.87 bits per heavy atom. The van der Waals surface area contributed by atoms with E-state index in [9.17, 15) is 9.59 Å². The van der Waals surface area contributed by atoms with Gasteiger partial charge in [0.15, 0.2) is 0 Å². The van der Waals surface area contributed by atoms with Crippen LogP contribution in [0.4, 0.5) is 0 Å². The fourth-order valence-corrected chi connectivity index (χ4v) is 1.89. The number of hydrogen-bond acceptors (Lipinski definition) is 2. The molecule has 0 saturated carbocycles. The summed E-state index contributed by atoms with van der Waals surface area (Å²) < 4.78 is 0. The van der Waals surface area contributed by atoms with E-state index in [2.05, 4.69) is 5.32 Å². The third-order valence-corrected chi connectivity index (χ3v) is 3.02. The van der Waals surface area contributed by atoms with Gasteiger partial charge in [-0.1, -0.05) is 30.3 Å². The highest BCUT2D eigenvalue weighted by Gasteiger charge is 2.39. The van der Waals surface area contributed by atoms with E-state index in [1.165, 1.54) is 0 Å². The van der Waals surface area contributed by atoms with Crippen LogP contribution in [0.15, 0.2) is 30.3 Å². The van der Waals surface area contributed by atoms with Gasteiger partial charge in [-0.05, 0) is 18.9 Å². The number of nitrogens with one attached hydrogen (secondary N) is 1. The first-order valence-corrected chi connectivity index (χ1v) is 5.03. The largest absolute Gasteiger partial charge is 0.296 e. The number of carbonyl (C=O) groups excluding carboxylic acids is 2. The fraction of sp³-hybridized carbons (Fsp3) is 0.333. The molecule has 1 fully saturated rings. The van der Waals surface area contributed by atoms with Gasteiger partial charge >= 0.3 is 0 Å². The van der Waals surface area contributed by atoms with Crippen molar-refractivity contribution in [2.75, 3.05) is 0 Å². The molecule has 1 aliphatic rings. The van der Waals surface area contributed by atoms with E-state index in [0.717, 1.165) is 5.56 Å². The summed E-state index contributed by atoms with van der Waals surface area (Å²) in [5.74, 6) is -0.363. The summed E-state index contributed by atoms with van der Waals surface area (Å²) >= 11 is 0. The van der Waals surface area contributed by atoms with E-state index in [1.54, 1.807) is 0 Å². The lowest BCUT2D eigenvalue weighted by Crippen LogP contribution is -2.49. The summed E-state index contributed by atoms with van der Waals surface area (Å²) in [7, 11) is 0. The van der Waals surface area contributed by atoms with Crippen LogP contribution < -0.4 is 5.32 Å². The van der Waals surface area contributed by atoms with E-state index in [1.807, 2.05) is 37.3 Å². The van der Waals surface area contributed by atoms with Crippen molar-refractivity contribution in [3.8, 4) is 0 Å². The first kappa shape index (κ1) is 9.90. The summed E-state index contributed by atoms with van der Waals surface area (Å²) in [6.45, 7) is 1.88. The number of rotatable bonds is 1. The third-order valence-electron chi connectivity index (χ3n) is 3.02. The maximum absolute atomic E-state index is 11.8. The lowest BCUT2D eigenvalue weighted by molar-refractivity contribution is -0.137. The van der Waals surface area contributed by atoms with Gasteiger partial charge in [0.1, 0.15) is 0 Å². The third kappa shape index (κ3) is 1.65.